The minimum atomic E-state index is -4.07. The van der Waals surface area contributed by atoms with E-state index in [4.69, 9.17) is 0 Å². The van der Waals surface area contributed by atoms with Crippen LogP contribution in [0.3, 0.4) is 0 Å². The Morgan fingerprint density at radius 1 is 1.21 bits per heavy atom. The zero-order chi connectivity index (χ0) is 10.1. The summed E-state index contributed by atoms with van der Waals surface area (Å²) in [5, 5.41) is 0. The van der Waals surface area contributed by atoms with Gasteiger partial charge in [-0.1, -0.05) is 9.46 Å². The van der Waals surface area contributed by atoms with Crippen LogP contribution in [0.25, 0.3) is 0 Å². The van der Waals surface area contributed by atoms with Crippen molar-refractivity contribution in [3.8, 4) is 5.88 Å². The summed E-state index contributed by atoms with van der Waals surface area (Å²) in [6.45, 7) is 0. The van der Waals surface area contributed by atoms with Gasteiger partial charge in [-0.05, 0) is 0 Å². The average Bonchev–Trinajstić information content (AvgIpc) is 2.40. The fraction of sp³-hybridized carbons (Fsp3) is 0. The van der Waals surface area contributed by atoms with Crippen LogP contribution in [0, 0.1) is 5.82 Å². The lowest BCUT2D eigenvalue weighted by atomic mass is 10.6. The van der Waals surface area contributed by atoms with Gasteiger partial charge in [0.15, 0.2) is 0 Å². The predicted octanol–water partition coefficient (Wildman–Crippen LogP) is -1.48. The van der Waals surface area contributed by atoms with Gasteiger partial charge < -0.3 is 4.52 Å². The van der Waals surface area contributed by atoms with Crippen molar-refractivity contribution < 1.29 is 22.7 Å². The Hall–Kier alpha value is -1.76. The normalized spacial score (nSPS) is 25.5. The Morgan fingerprint density at radius 2 is 1.86 bits per heavy atom. The molecule has 0 saturated carbocycles. The van der Waals surface area contributed by atoms with Gasteiger partial charge in [-0.2, -0.15) is 8.96 Å². The van der Waals surface area contributed by atoms with Gasteiger partial charge in [-0.15, -0.1) is 0 Å². The van der Waals surface area contributed by atoms with Crippen molar-refractivity contribution in [2.24, 2.45) is 0 Å². The number of nitrogens with zero attached hydrogens (tertiary/aromatic N) is 2. The molecule has 1 aromatic rings. The summed E-state index contributed by atoms with van der Waals surface area (Å²) in [5.74, 6) is -2.21. The topological polar surface area (TPSA) is 88.8 Å². The molecular weight excluding hydrogens is 222 g/mol. The molecule has 1 aromatic heterocycles. The third-order valence-corrected chi connectivity index (χ3v) is 2.78. The summed E-state index contributed by atoms with van der Waals surface area (Å²) in [5.41, 5.74) is -2.46. The van der Waals surface area contributed by atoms with Crippen LogP contribution in [0.15, 0.2) is 9.59 Å². The first kappa shape index (κ1) is 7.63. The van der Waals surface area contributed by atoms with E-state index < -0.39 is 30.8 Å². The first-order valence-corrected chi connectivity index (χ1v) is 4.75. The number of rotatable bonds is 0. The Kier molecular flexibility index (Phi) is 1.01. The lowest BCUT2D eigenvalue weighted by molar-refractivity contribution is 0.104. The van der Waals surface area contributed by atoms with Gasteiger partial charge in [0, 0.05) is 0 Å². The monoisotopic (exact) mass is 222 g/mol. The molecule has 3 heterocycles. The fourth-order valence-corrected chi connectivity index (χ4v) is 2.25. The molecule has 1 unspecified atom stereocenters. The molecule has 0 saturated heterocycles. The first-order valence-electron chi connectivity index (χ1n) is 3.29. The van der Waals surface area contributed by atoms with E-state index in [0.717, 1.165) is 0 Å². The SMILES string of the molecule is O=c1c(F)c2n3c(=O)n1OP(=O)(O2)O3. The molecule has 0 aromatic carbocycles. The average molecular weight is 222 g/mol. The van der Waals surface area contributed by atoms with E-state index in [1.807, 2.05) is 0 Å². The molecule has 1 atom stereocenters. The van der Waals surface area contributed by atoms with E-state index in [0.29, 0.717) is 0 Å². The molecule has 74 valence electrons. The van der Waals surface area contributed by atoms with Crippen LogP contribution in [0.5, 0.6) is 5.88 Å². The van der Waals surface area contributed by atoms with Crippen LogP contribution in [0.1, 0.15) is 0 Å². The van der Waals surface area contributed by atoms with E-state index in [9.17, 15) is 18.5 Å². The van der Waals surface area contributed by atoms with Gasteiger partial charge in [0.2, 0.25) is 0 Å². The maximum atomic E-state index is 13.0. The highest BCUT2D eigenvalue weighted by atomic mass is 31.2. The second-order valence-electron chi connectivity index (χ2n) is 2.50. The molecule has 2 aliphatic rings. The van der Waals surface area contributed by atoms with Crippen molar-refractivity contribution in [3.63, 3.8) is 0 Å². The maximum Gasteiger partial charge on any atom is 0.688 e. The van der Waals surface area contributed by atoms with E-state index >= 15 is 0 Å². The summed E-state index contributed by atoms with van der Waals surface area (Å²) < 4.78 is 37.6. The van der Waals surface area contributed by atoms with Crippen LogP contribution < -0.4 is 25.0 Å². The van der Waals surface area contributed by atoms with Crippen molar-refractivity contribution in [1.29, 1.82) is 0 Å². The van der Waals surface area contributed by atoms with Crippen LogP contribution in [-0.2, 0) is 4.57 Å². The number of halogens is 1. The van der Waals surface area contributed by atoms with Gasteiger partial charge in [-0.3, -0.25) is 14.0 Å². The summed E-state index contributed by atoms with van der Waals surface area (Å²) in [7, 11) is -4.07. The van der Waals surface area contributed by atoms with E-state index in [2.05, 4.69) is 13.8 Å². The molecule has 0 amide bonds. The second kappa shape index (κ2) is 1.85. The molecule has 2 aliphatic heterocycles. The van der Waals surface area contributed by atoms with Crippen molar-refractivity contribution in [2.45, 2.75) is 0 Å². The first-order chi connectivity index (χ1) is 6.52. The molecule has 3 bridgehead atoms. The summed E-state index contributed by atoms with van der Waals surface area (Å²) in [6, 6.07) is 0. The highest BCUT2D eigenvalue weighted by Crippen LogP contribution is 2.49. The second-order valence-corrected chi connectivity index (χ2v) is 3.90. The molecule has 0 spiro atoms. The third kappa shape index (κ3) is 0.630. The van der Waals surface area contributed by atoms with Crippen LogP contribution in [0.2, 0.25) is 0 Å². The molecule has 8 nitrogen and oxygen atoms in total. The largest absolute Gasteiger partial charge is 0.688 e. The molecule has 0 radical (unpaired) electrons. The Labute approximate surface area is 73.6 Å². The Balaban J connectivity index is 2.61. The van der Waals surface area contributed by atoms with Gasteiger partial charge in [0.05, 0.1) is 0 Å². The van der Waals surface area contributed by atoms with Crippen molar-refractivity contribution in [2.75, 3.05) is 0 Å². The van der Waals surface area contributed by atoms with Gasteiger partial charge >= 0.3 is 19.1 Å². The fourth-order valence-electron chi connectivity index (χ4n) is 1.10. The molecule has 14 heavy (non-hydrogen) atoms. The molecular formula is C4FN2O6P. The van der Waals surface area contributed by atoms with E-state index in [1.54, 1.807) is 0 Å². The standard InChI is InChI=1S/C4FN2O6P/c5-1-2(8)6-4(9)7-3(1)11-14(10,12-6)13-7. The lowest BCUT2D eigenvalue weighted by Crippen LogP contribution is -2.47. The van der Waals surface area contributed by atoms with Crippen molar-refractivity contribution in [3.05, 3.63) is 26.7 Å². The maximum absolute atomic E-state index is 13.0. The predicted molar refractivity (Wildman–Crippen MR) is 36.3 cm³/mol. The van der Waals surface area contributed by atoms with E-state index in [1.165, 1.54) is 0 Å². The molecule has 3 rings (SSSR count). The molecule has 10 heteroatoms. The van der Waals surface area contributed by atoms with Gasteiger partial charge in [0.25, 0.3) is 11.7 Å². The number of phosphoric acid groups is 1. The zero-order valence-electron chi connectivity index (χ0n) is 6.17. The lowest BCUT2D eigenvalue weighted by Gasteiger charge is -2.11. The molecule has 0 aliphatic carbocycles. The minimum Gasteiger partial charge on any atom is -0.360 e. The van der Waals surface area contributed by atoms with Gasteiger partial charge in [-0.25, -0.2) is 4.79 Å². The summed E-state index contributed by atoms with van der Waals surface area (Å²) >= 11 is 0. The number of hydrogen-bond donors (Lipinski definition) is 0. The highest BCUT2D eigenvalue weighted by molar-refractivity contribution is 7.49. The van der Waals surface area contributed by atoms with Crippen molar-refractivity contribution >= 4 is 7.82 Å². The van der Waals surface area contributed by atoms with Crippen LogP contribution in [-0.4, -0.2) is 9.46 Å². The quantitative estimate of drug-likeness (QED) is 0.497. The Morgan fingerprint density at radius 3 is 2.57 bits per heavy atom. The van der Waals surface area contributed by atoms with Gasteiger partial charge in [0.1, 0.15) is 0 Å². The number of fused-ring (bicyclic) bond motifs is 2. The number of hydrogen-bond acceptors (Lipinski definition) is 6. The highest BCUT2D eigenvalue weighted by Gasteiger charge is 2.51. The summed E-state index contributed by atoms with van der Waals surface area (Å²) in [4.78, 5) is 22.1. The van der Waals surface area contributed by atoms with Crippen LogP contribution >= 0.6 is 7.82 Å². The molecule has 0 fully saturated rings. The summed E-state index contributed by atoms with van der Waals surface area (Å²) in [6.07, 6.45) is 0. The smallest absolute Gasteiger partial charge is 0.360 e. The number of aromatic nitrogens is 2. The minimum absolute atomic E-state index is 0.00386. The van der Waals surface area contributed by atoms with E-state index in [-0.39, 0.29) is 9.46 Å². The Bertz CT molecular complexity index is 604. The van der Waals surface area contributed by atoms with Crippen molar-refractivity contribution in [1.82, 2.24) is 9.46 Å². The molecule has 0 N–H and O–H groups in total. The zero-order valence-corrected chi connectivity index (χ0v) is 7.06. The third-order valence-electron chi connectivity index (χ3n) is 1.65. The van der Waals surface area contributed by atoms with Crippen LogP contribution in [0.4, 0.5) is 4.39 Å².